The molecule has 2 rings (SSSR count). The standard InChI is InChI=1S/C14H28N4O/c1-12-5-3-6-13(2)18(12)16-14(19)11-17-9-4-7-15-8-10-17/h12-13,15H,3-11H2,1-2H3,(H,16,19). The highest BCUT2D eigenvalue weighted by atomic mass is 16.2. The number of nitrogens with zero attached hydrogens (tertiary/aromatic N) is 2. The maximum atomic E-state index is 12.2. The maximum absolute atomic E-state index is 12.2. The fourth-order valence-corrected chi connectivity index (χ4v) is 3.08. The smallest absolute Gasteiger partial charge is 0.248 e. The molecule has 0 spiro atoms. The minimum atomic E-state index is 0.141. The number of nitrogens with one attached hydrogen (secondary N) is 2. The minimum absolute atomic E-state index is 0.141. The highest BCUT2D eigenvalue weighted by Gasteiger charge is 2.26. The van der Waals surface area contributed by atoms with E-state index in [1.54, 1.807) is 0 Å². The van der Waals surface area contributed by atoms with Gasteiger partial charge in [-0.05, 0) is 46.2 Å². The molecule has 5 nitrogen and oxygen atoms in total. The van der Waals surface area contributed by atoms with E-state index in [9.17, 15) is 4.79 Å². The van der Waals surface area contributed by atoms with Gasteiger partial charge in [0, 0.05) is 25.2 Å². The molecule has 2 aliphatic rings. The Hall–Kier alpha value is -0.650. The Bertz CT molecular complexity index is 279. The molecule has 0 aromatic heterocycles. The van der Waals surface area contributed by atoms with Crippen LogP contribution in [0, 0.1) is 0 Å². The van der Waals surface area contributed by atoms with Crippen LogP contribution in [0.3, 0.4) is 0 Å². The first-order chi connectivity index (χ1) is 9.16. The minimum Gasteiger partial charge on any atom is -0.315 e. The Morgan fingerprint density at radius 1 is 1.16 bits per heavy atom. The summed E-state index contributed by atoms with van der Waals surface area (Å²) < 4.78 is 0. The number of carbonyl (C=O) groups excluding carboxylic acids is 1. The van der Waals surface area contributed by atoms with Gasteiger partial charge in [-0.2, -0.15) is 0 Å². The lowest BCUT2D eigenvalue weighted by Gasteiger charge is -2.39. The molecular formula is C14H28N4O. The molecule has 2 saturated heterocycles. The molecule has 0 bridgehead atoms. The van der Waals surface area contributed by atoms with Crippen LogP contribution in [-0.2, 0) is 4.79 Å². The first kappa shape index (κ1) is 14.8. The Kier molecular flexibility index (Phi) is 5.60. The second-order valence-corrected chi connectivity index (χ2v) is 5.95. The zero-order valence-electron chi connectivity index (χ0n) is 12.3. The lowest BCUT2D eigenvalue weighted by atomic mass is 10.00. The molecule has 2 aliphatic heterocycles. The van der Waals surface area contributed by atoms with Gasteiger partial charge in [0.2, 0.25) is 5.91 Å². The van der Waals surface area contributed by atoms with Gasteiger partial charge < -0.3 is 5.32 Å². The third kappa shape index (κ3) is 4.44. The summed E-state index contributed by atoms with van der Waals surface area (Å²) in [5.41, 5.74) is 3.12. The zero-order chi connectivity index (χ0) is 13.7. The molecule has 2 fully saturated rings. The second-order valence-electron chi connectivity index (χ2n) is 5.95. The van der Waals surface area contributed by atoms with Crippen molar-refractivity contribution in [2.75, 3.05) is 32.7 Å². The molecule has 110 valence electrons. The maximum Gasteiger partial charge on any atom is 0.248 e. The van der Waals surface area contributed by atoms with E-state index in [0.29, 0.717) is 18.6 Å². The molecule has 0 aliphatic carbocycles. The first-order valence-electron chi connectivity index (χ1n) is 7.67. The van der Waals surface area contributed by atoms with E-state index in [1.807, 2.05) is 0 Å². The van der Waals surface area contributed by atoms with Crippen molar-refractivity contribution in [1.82, 2.24) is 20.7 Å². The Morgan fingerprint density at radius 2 is 1.89 bits per heavy atom. The van der Waals surface area contributed by atoms with Crippen molar-refractivity contribution in [2.24, 2.45) is 0 Å². The van der Waals surface area contributed by atoms with Crippen LogP contribution < -0.4 is 10.7 Å². The summed E-state index contributed by atoms with van der Waals surface area (Å²) >= 11 is 0. The third-order valence-electron chi connectivity index (χ3n) is 4.25. The molecule has 2 N–H and O–H groups in total. The van der Waals surface area contributed by atoms with Crippen molar-refractivity contribution in [1.29, 1.82) is 0 Å². The van der Waals surface area contributed by atoms with Gasteiger partial charge in [-0.15, -0.1) is 0 Å². The molecule has 0 radical (unpaired) electrons. The molecule has 0 aromatic rings. The van der Waals surface area contributed by atoms with E-state index in [2.05, 4.69) is 34.5 Å². The molecule has 19 heavy (non-hydrogen) atoms. The van der Waals surface area contributed by atoms with E-state index >= 15 is 0 Å². The van der Waals surface area contributed by atoms with Crippen LogP contribution in [-0.4, -0.2) is 60.6 Å². The Labute approximate surface area is 116 Å². The molecule has 2 atom stereocenters. The van der Waals surface area contributed by atoms with E-state index < -0.39 is 0 Å². The monoisotopic (exact) mass is 268 g/mol. The van der Waals surface area contributed by atoms with E-state index in [0.717, 1.165) is 32.6 Å². The number of amides is 1. The molecule has 5 heteroatoms. The van der Waals surface area contributed by atoms with Crippen molar-refractivity contribution < 1.29 is 4.79 Å². The molecule has 2 unspecified atom stereocenters. The average molecular weight is 268 g/mol. The summed E-state index contributed by atoms with van der Waals surface area (Å²) in [6.45, 7) is 8.97. The number of hydrogen-bond donors (Lipinski definition) is 2. The predicted molar refractivity (Wildman–Crippen MR) is 76.7 cm³/mol. The third-order valence-corrected chi connectivity index (χ3v) is 4.25. The summed E-state index contributed by atoms with van der Waals surface area (Å²) in [7, 11) is 0. The van der Waals surface area contributed by atoms with Gasteiger partial charge >= 0.3 is 0 Å². The highest BCUT2D eigenvalue weighted by Crippen LogP contribution is 2.20. The summed E-state index contributed by atoms with van der Waals surface area (Å²) in [6.07, 6.45) is 4.76. The van der Waals surface area contributed by atoms with Crippen LogP contribution in [0.1, 0.15) is 39.5 Å². The van der Waals surface area contributed by atoms with Gasteiger partial charge in [-0.3, -0.25) is 15.1 Å². The Balaban J connectivity index is 1.79. The fourth-order valence-electron chi connectivity index (χ4n) is 3.08. The fraction of sp³-hybridized carbons (Fsp3) is 0.929. The molecule has 0 aromatic carbocycles. The predicted octanol–water partition coefficient (Wildman–Crippen LogP) is 0.576. The topological polar surface area (TPSA) is 47.6 Å². The van der Waals surface area contributed by atoms with Crippen LogP contribution in [0.25, 0.3) is 0 Å². The molecule has 2 heterocycles. The summed E-state index contributed by atoms with van der Waals surface area (Å²) in [4.78, 5) is 14.4. The van der Waals surface area contributed by atoms with E-state index in [4.69, 9.17) is 0 Å². The van der Waals surface area contributed by atoms with Gasteiger partial charge in [-0.1, -0.05) is 6.42 Å². The quantitative estimate of drug-likeness (QED) is 0.786. The largest absolute Gasteiger partial charge is 0.315 e. The van der Waals surface area contributed by atoms with Crippen molar-refractivity contribution in [3.05, 3.63) is 0 Å². The summed E-state index contributed by atoms with van der Waals surface area (Å²) in [5.74, 6) is 0.141. The van der Waals surface area contributed by atoms with Crippen molar-refractivity contribution in [3.8, 4) is 0 Å². The molecule has 0 saturated carbocycles. The van der Waals surface area contributed by atoms with E-state index in [1.165, 1.54) is 19.3 Å². The van der Waals surface area contributed by atoms with Crippen LogP contribution in [0.2, 0.25) is 0 Å². The molecule has 1 amide bonds. The first-order valence-corrected chi connectivity index (χ1v) is 7.67. The SMILES string of the molecule is CC1CCCC(C)N1NC(=O)CN1CCCNCC1. The van der Waals surface area contributed by atoms with Crippen molar-refractivity contribution >= 4 is 5.91 Å². The van der Waals surface area contributed by atoms with E-state index in [-0.39, 0.29) is 5.91 Å². The van der Waals surface area contributed by atoms with Crippen molar-refractivity contribution in [2.45, 2.75) is 51.6 Å². The number of hydrazine groups is 1. The lowest BCUT2D eigenvalue weighted by molar-refractivity contribution is -0.130. The van der Waals surface area contributed by atoms with Gasteiger partial charge in [0.05, 0.1) is 6.54 Å². The van der Waals surface area contributed by atoms with Crippen LogP contribution >= 0.6 is 0 Å². The van der Waals surface area contributed by atoms with Crippen LogP contribution in [0.4, 0.5) is 0 Å². The summed E-state index contributed by atoms with van der Waals surface area (Å²) in [6, 6.07) is 0.914. The van der Waals surface area contributed by atoms with Crippen LogP contribution in [0.15, 0.2) is 0 Å². The normalized spacial score (nSPS) is 30.8. The van der Waals surface area contributed by atoms with Crippen molar-refractivity contribution in [3.63, 3.8) is 0 Å². The van der Waals surface area contributed by atoms with Gasteiger partial charge in [0.1, 0.15) is 0 Å². The average Bonchev–Trinajstić information content (AvgIpc) is 2.63. The molecular weight excluding hydrogens is 240 g/mol. The number of piperidine rings is 1. The lowest BCUT2D eigenvalue weighted by Crippen LogP contribution is -2.56. The van der Waals surface area contributed by atoms with Gasteiger partial charge in [0.25, 0.3) is 0 Å². The van der Waals surface area contributed by atoms with Gasteiger partial charge in [0.15, 0.2) is 0 Å². The zero-order valence-corrected chi connectivity index (χ0v) is 12.3. The van der Waals surface area contributed by atoms with Gasteiger partial charge in [-0.25, -0.2) is 5.01 Å². The number of hydrogen-bond acceptors (Lipinski definition) is 4. The number of carbonyl (C=O) groups is 1. The Morgan fingerprint density at radius 3 is 2.63 bits per heavy atom. The second kappa shape index (κ2) is 7.22. The van der Waals surface area contributed by atoms with Crippen LogP contribution in [0.5, 0.6) is 0 Å². The summed E-state index contributed by atoms with van der Waals surface area (Å²) in [5, 5.41) is 5.52. The number of rotatable bonds is 3. The highest BCUT2D eigenvalue weighted by molar-refractivity contribution is 5.77.